The Hall–Kier alpha value is -2.73. The number of aromatic nitrogens is 5. The number of nitrogens with one attached hydrogen (secondary N) is 2. The van der Waals surface area contributed by atoms with Crippen LogP contribution in [-0.4, -0.2) is 42.0 Å². The van der Waals surface area contributed by atoms with Gasteiger partial charge >= 0.3 is 0 Å². The number of aryl methyl sites for hydroxylation is 1. The molecule has 3 aromatic rings. The molecule has 0 saturated carbocycles. The summed E-state index contributed by atoms with van der Waals surface area (Å²) in [6.45, 7) is 3.94. The van der Waals surface area contributed by atoms with Gasteiger partial charge in [0.15, 0.2) is 16.7 Å². The van der Waals surface area contributed by atoms with Crippen LogP contribution >= 0.6 is 23.1 Å². The van der Waals surface area contributed by atoms with Crippen molar-refractivity contribution in [2.24, 2.45) is 7.05 Å². The van der Waals surface area contributed by atoms with Crippen molar-refractivity contribution in [3.63, 3.8) is 0 Å². The lowest BCUT2D eigenvalue weighted by Gasteiger charge is -2.10. The summed E-state index contributed by atoms with van der Waals surface area (Å²) in [6.07, 6.45) is 2.21. The molecule has 0 fully saturated rings. The summed E-state index contributed by atoms with van der Waals surface area (Å²) in [7, 11) is 1.78. The highest BCUT2D eigenvalue weighted by Gasteiger charge is 2.20. The van der Waals surface area contributed by atoms with E-state index in [0.29, 0.717) is 16.1 Å². The molecule has 0 bridgehead atoms. The van der Waals surface area contributed by atoms with Crippen molar-refractivity contribution in [1.29, 1.82) is 0 Å². The Labute approximate surface area is 169 Å². The van der Waals surface area contributed by atoms with Crippen molar-refractivity contribution in [3.8, 4) is 0 Å². The number of amides is 2. The predicted molar refractivity (Wildman–Crippen MR) is 104 cm³/mol. The fraction of sp³-hybridized carbons (Fsp3) is 0.375. The Bertz CT molecular complexity index is 952. The molecule has 2 N–H and O–H groups in total. The van der Waals surface area contributed by atoms with Crippen LogP contribution in [0.4, 0.5) is 5.13 Å². The molecule has 10 nitrogen and oxygen atoms in total. The first-order valence-electron chi connectivity index (χ1n) is 8.47. The van der Waals surface area contributed by atoms with Gasteiger partial charge in [-0.15, -0.1) is 20.4 Å². The largest absolute Gasteiger partial charge is 0.459 e. The van der Waals surface area contributed by atoms with Gasteiger partial charge in [0, 0.05) is 7.05 Å². The van der Waals surface area contributed by atoms with E-state index in [9.17, 15) is 9.59 Å². The number of nitrogens with zero attached hydrogens (tertiary/aromatic N) is 5. The highest BCUT2D eigenvalue weighted by molar-refractivity contribution is 8.00. The Morgan fingerprint density at radius 2 is 2.14 bits per heavy atom. The molecule has 0 saturated heterocycles. The van der Waals surface area contributed by atoms with E-state index in [1.165, 1.54) is 29.4 Å². The maximum absolute atomic E-state index is 12.4. The molecule has 12 heteroatoms. The molecular formula is C16H19N7O3S2. The summed E-state index contributed by atoms with van der Waals surface area (Å²) in [6, 6.07) is 3.22. The molecule has 3 aromatic heterocycles. The second-order valence-corrected chi connectivity index (χ2v) is 8.09. The fourth-order valence-electron chi connectivity index (χ4n) is 2.12. The van der Waals surface area contributed by atoms with E-state index in [-0.39, 0.29) is 24.1 Å². The monoisotopic (exact) mass is 421 g/mol. The summed E-state index contributed by atoms with van der Waals surface area (Å²) in [5.74, 6) is 0.259. The zero-order valence-electron chi connectivity index (χ0n) is 15.5. The minimum Gasteiger partial charge on any atom is -0.459 e. The van der Waals surface area contributed by atoms with E-state index in [2.05, 4.69) is 31.0 Å². The van der Waals surface area contributed by atoms with E-state index in [1.807, 2.05) is 6.92 Å². The molecular weight excluding hydrogens is 402 g/mol. The van der Waals surface area contributed by atoms with Gasteiger partial charge in [-0.3, -0.25) is 14.9 Å². The van der Waals surface area contributed by atoms with Gasteiger partial charge in [-0.25, -0.2) is 0 Å². The summed E-state index contributed by atoms with van der Waals surface area (Å²) in [4.78, 5) is 24.3. The molecule has 0 aromatic carbocycles. The first-order chi connectivity index (χ1) is 13.5. The van der Waals surface area contributed by atoms with Gasteiger partial charge in [0.1, 0.15) is 5.01 Å². The molecule has 3 rings (SSSR count). The topological polar surface area (TPSA) is 128 Å². The SMILES string of the molecule is CCc1nnc(NC(=O)[C@H](C)Sc2nnc(CNC(=O)c3ccco3)n2C)s1. The molecule has 3 heterocycles. The van der Waals surface area contributed by atoms with Crippen LogP contribution in [0.2, 0.25) is 0 Å². The standard InChI is InChI=1S/C16H19N7O3S2/c1-4-12-20-21-15(28-12)18-13(24)9(2)27-16-22-19-11(23(16)3)8-17-14(25)10-6-5-7-26-10/h5-7,9H,4,8H2,1-3H3,(H,17,25)(H,18,21,24)/t9-/m0/s1. The number of carbonyl (C=O) groups excluding carboxylic acids is 2. The first-order valence-corrected chi connectivity index (χ1v) is 10.2. The minimum atomic E-state index is -0.414. The van der Waals surface area contributed by atoms with E-state index in [1.54, 1.807) is 30.7 Å². The van der Waals surface area contributed by atoms with Crippen LogP contribution in [0.15, 0.2) is 28.0 Å². The average Bonchev–Trinajstić information content (AvgIpc) is 3.43. The van der Waals surface area contributed by atoms with Crippen molar-refractivity contribution in [2.75, 3.05) is 5.32 Å². The number of carbonyl (C=O) groups is 2. The smallest absolute Gasteiger partial charge is 0.287 e. The zero-order chi connectivity index (χ0) is 20.1. The molecule has 0 aliphatic rings. The van der Waals surface area contributed by atoms with Gasteiger partial charge in [-0.05, 0) is 25.5 Å². The van der Waals surface area contributed by atoms with Crippen molar-refractivity contribution < 1.29 is 14.0 Å². The van der Waals surface area contributed by atoms with Gasteiger partial charge in [0.2, 0.25) is 11.0 Å². The highest BCUT2D eigenvalue weighted by atomic mass is 32.2. The normalized spacial score (nSPS) is 12.0. The molecule has 0 radical (unpaired) electrons. The minimum absolute atomic E-state index is 0.189. The summed E-state index contributed by atoms with van der Waals surface area (Å²) >= 11 is 2.62. The molecule has 148 valence electrons. The molecule has 0 spiro atoms. The van der Waals surface area contributed by atoms with Crippen molar-refractivity contribution in [1.82, 2.24) is 30.3 Å². The van der Waals surface area contributed by atoms with E-state index in [4.69, 9.17) is 4.42 Å². The third kappa shape index (κ3) is 4.75. The number of anilines is 1. The average molecular weight is 422 g/mol. The molecule has 28 heavy (non-hydrogen) atoms. The number of furan rings is 1. The Morgan fingerprint density at radius 3 is 2.82 bits per heavy atom. The summed E-state index contributed by atoms with van der Waals surface area (Å²) < 4.78 is 6.78. The third-order valence-electron chi connectivity index (χ3n) is 3.73. The number of rotatable bonds is 8. The lowest BCUT2D eigenvalue weighted by Crippen LogP contribution is -2.24. The molecule has 0 aliphatic heterocycles. The number of hydrogen-bond donors (Lipinski definition) is 2. The fourth-order valence-corrected chi connectivity index (χ4v) is 3.64. The van der Waals surface area contributed by atoms with E-state index < -0.39 is 5.25 Å². The van der Waals surface area contributed by atoms with E-state index >= 15 is 0 Å². The van der Waals surface area contributed by atoms with Gasteiger partial charge < -0.3 is 14.3 Å². The van der Waals surface area contributed by atoms with Crippen molar-refractivity contribution >= 4 is 40.0 Å². The number of hydrogen-bond acceptors (Lipinski definition) is 9. The van der Waals surface area contributed by atoms with Crippen LogP contribution in [-0.2, 0) is 24.8 Å². The van der Waals surface area contributed by atoms with Crippen LogP contribution < -0.4 is 10.6 Å². The van der Waals surface area contributed by atoms with Crippen LogP contribution in [0.1, 0.15) is 35.2 Å². The summed E-state index contributed by atoms with van der Waals surface area (Å²) in [5.41, 5.74) is 0. The molecule has 1 atom stereocenters. The molecule has 0 unspecified atom stereocenters. The predicted octanol–water partition coefficient (Wildman–Crippen LogP) is 1.87. The van der Waals surface area contributed by atoms with E-state index in [0.717, 1.165) is 11.4 Å². The van der Waals surface area contributed by atoms with Crippen LogP contribution in [0, 0.1) is 0 Å². The quantitative estimate of drug-likeness (QED) is 0.528. The Morgan fingerprint density at radius 1 is 1.32 bits per heavy atom. The lowest BCUT2D eigenvalue weighted by molar-refractivity contribution is -0.115. The van der Waals surface area contributed by atoms with Gasteiger partial charge in [0.25, 0.3) is 5.91 Å². The molecule has 0 aliphatic carbocycles. The maximum Gasteiger partial charge on any atom is 0.287 e. The van der Waals surface area contributed by atoms with Gasteiger partial charge in [-0.2, -0.15) is 0 Å². The van der Waals surface area contributed by atoms with Gasteiger partial charge in [0.05, 0.1) is 18.1 Å². The summed E-state index contributed by atoms with van der Waals surface area (Å²) in [5, 5.41) is 23.1. The van der Waals surface area contributed by atoms with Gasteiger partial charge in [-0.1, -0.05) is 30.0 Å². The lowest BCUT2D eigenvalue weighted by atomic mass is 10.4. The highest BCUT2D eigenvalue weighted by Crippen LogP contribution is 2.23. The number of thioether (sulfide) groups is 1. The van der Waals surface area contributed by atoms with Crippen molar-refractivity contribution in [3.05, 3.63) is 35.0 Å². The third-order valence-corrected chi connectivity index (χ3v) is 5.84. The zero-order valence-corrected chi connectivity index (χ0v) is 17.1. The van der Waals surface area contributed by atoms with Crippen LogP contribution in [0.5, 0.6) is 0 Å². The molecule has 2 amide bonds. The van der Waals surface area contributed by atoms with Crippen molar-refractivity contribution in [2.45, 2.75) is 37.2 Å². The van der Waals surface area contributed by atoms with Crippen LogP contribution in [0.25, 0.3) is 0 Å². The Kier molecular flexibility index (Phi) is 6.41. The Balaban J connectivity index is 1.55. The second kappa shape index (κ2) is 8.97. The second-order valence-electron chi connectivity index (χ2n) is 5.72. The first kappa shape index (κ1) is 20.0. The van der Waals surface area contributed by atoms with Crippen LogP contribution in [0.3, 0.4) is 0 Å². The maximum atomic E-state index is 12.4.